The molecule has 3 nitrogen and oxygen atoms in total. The summed E-state index contributed by atoms with van der Waals surface area (Å²) in [5, 5.41) is 0. The first-order valence-corrected chi connectivity index (χ1v) is 9.97. The van der Waals surface area contributed by atoms with Crippen LogP contribution < -0.4 is 9.47 Å². The minimum absolute atomic E-state index is 0.124. The molecule has 0 bridgehead atoms. The lowest BCUT2D eigenvalue weighted by atomic mass is 9.90. The quantitative estimate of drug-likeness (QED) is 0.553. The highest BCUT2D eigenvalue weighted by Gasteiger charge is 2.22. The molecule has 1 aliphatic rings. The van der Waals surface area contributed by atoms with Crippen molar-refractivity contribution in [1.29, 1.82) is 0 Å². The summed E-state index contributed by atoms with van der Waals surface area (Å²) in [4.78, 5) is 0. The lowest BCUT2D eigenvalue weighted by Gasteiger charge is -2.29. The van der Waals surface area contributed by atoms with Crippen LogP contribution in [0.2, 0.25) is 0 Å². The summed E-state index contributed by atoms with van der Waals surface area (Å²) >= 11 is 0. The highest BCUT2D eigenvalue weighted by molar-refractivity contribution is 5.35. The first-order chi connectivity index (χ1) is 13.6. The summed E-state index contributed by atoms with van der Waals surface area (Å²) in [6.07, 6.45) is 6.24. The molecule has 1 fully saturated rings. The van der Waals surface area contributed by atoms with Crippen molar-refractivity contribution in [2.45, 2.75) is 57.7 Å². The maximum Gasteiger partial charge on any atom is 0.204 e. The van der Waals surface area contributed by atoms with E-state index in [2.05, 4.69) is 19.1 Å². The molecule has 0 spiro atoms. The Kier molecular flexibility index (Phi) is 7.26. The number of benzene rings is 2. The summed E-state index contributed by atoms with van der Waals surface area (Å²) in [7, 11) is 1.29. The van der Waals surface area contributed by atoms with Gasteiger partial charge in [0.15, 0.2) is 11.5 Å². The molecule has 0 N–H and O–H groups in total. The molecule has 1 saturated heterocycles. The van der Waals surface area contributed by atoms with E-state index in [1.165, 1.54) is 37.6 Å². The molecule has 0 aromatic heterocycles. The van der Waals surface area contributed by atoms with Gasteiger partial charge in [-0.25, -0.2) is 0 Å². The van der Waals surface area contributed by atoms with Gasteiger partial charge in [0, 0.05) is 5.92 Å². The van der Waals surface area contributed by atoms with Crippen molar-refractivity contribution in [3.63, 3.8) is 0 Å². The molecular formula is C23H28F2O3. The van der Waals surface area contributed by atoms with Gasteiger partial charge in [0.1, 0.15) is 6.61 Å². The van der Waals surface area contributed by atoms with Gasteiger partial charge in [-0.2, -0.15) is 8.78 Å². The largest absolute Gasteiger partial charge is 0.494 e. The predicted octanol–water partition coefficient (Wildman–Crippen LogP) is 6.01. The molecule has 1 heterocycles. The lowest BCUT2D eigenvalue weighted by Crippen LogP contribution is -2.24. The van der Waals surface area contributed by atoms with Crippen LogP contribution in [0.3, 0.4) is 0 Å². The second-order valence-corrected chi connectivity index (χ2v) is 7.30. The zero-order valence-electron chi connectivity index (χ0n) is 16.5. The van der Waals surface area contributed by atoms with Gasteiger partial charge in [0.25, 0.3) is 0 Å². The summed E-state index contributed by atoms with van der Waals surface area (Å²) in [6, 6.07) is 10.8. The predicted molar refractivity (Wildman–Crippen MR) is 105 cm³/mol. The molecule has 2 atom stereocenters. The second-order valence-electron chi connectivity index (χ2n) is 7.30. The van der Waals surface area contributed by atoms with Gasteiger partial charge in [0.2, 0.25) is 11.6 Å². The number of unbranched alkanes of at least 4 members (excludes halogenated alkanes) is 1. The van der Waals surface area contributed by atoms with E-state index in [0.717, 1.165) is 31.4 Å². The van der Waals surface area contributed by atoms with Crippen LogP contribution in [0.1, 0.15) is 56.1 Å². The number of rotatable bonds is 8. The molecular weight excluding hydrogens is 362 g/mol. The van der Waals surface area contributed by atoms with Gasteiger partial charge < -0.3 is 14.2 Å². The normalized spacial score (nSPS) is 19.4. The van der Waals surface area contributed by atoms with Crippen molar-refractivity contribution in [1.82, 2.24) is 0 Å². The highest BCUT2D eigenvalue weighted by atomic mass is 19.2. The van der Waals surface area contributed by atoms with E-state index in [1.54, 1.807) is 0 Å². The average Bonchev–Trinajstić information content (AvgIpc) is 2.74. The zero-order chi connectivity index (χ0) is 19.9. The van der Waals surface area contributed by atoms with Gasteiger partial charge in [0.05, 0.1) is 19.8 Å². The fraction of sp³-hybridized carbons (Fsp3) is 0.478. The van der Waals surface area contributed by atoms with E-state index in [0.29, 0.717) is 12.0 Å². The second kappa shape index (κ2) is 9.87. The van der Waals surface area contributed by atoms with Crippen molar-refractivity contribution in [3.05, 3.63) is 59.2 Å². The maximum absolute atomic E-state index is 14.0. The van der Waals surface area contributed by atoms with Gasteiger partial charge in [-0.1, -0.05) is 44.0 Å². The number of ether oxygens (including phenoxy) is 3. The Morgan fingerprint density at radius 3 is 2.36 bits per heavy atom. The van der Waals surface area contributed by atoms with E-state index < -0.39 is 11.6 Å². The number of methoxy groups -OCH3 is 1. The number of hydrogen-bond acceptors (Lipinski definition) is 3. The smallest absolute Gasteiger partial charge is 0.204 e. The highest BCUT2D eigenvalue weighted by Crippen LogP contribution is 2.31. The van der Waals surface area contributed by atoms with Crippen molar-refractivity contribution in [2.75, 3.05) is 13.7 Å². The van der Waals surface area contributed by atoms with Crippen molar-refractivity contribution in [2.24, 2.45) is 0 Å². The fourth-order valence-corrected chi connectivity index (χ4v) is 3.56. The van der Waals surface area contributed by atoms with Crippen molar-refractivity contribution >= 4 is 0 Å². The monoisotopic (exact) mass is 390 g/mol. The molecule has 2 unspecified atom stereocenters. The molecule has 0 amide bonds. The Hall–Kier alpha value is -2.14. The topological polar surface area (TPSA) is 27.7 Å². The van der Waals surface area contributed by atoms with E-state index in [-0.39, 0.29) is 18.1 Å². The van der Waals surface area contributed by atoms with Crippen LogP contribution in [-0.2, 0) is 11.3 Å². The first kappa shape index (κ1) is 20.6. The standard InChI is InChI=1S/C23H28F2O3/c1-3-4-5-19-11-10-18(15-27-19)17-8-6-16(7-9-17)14-28-21-13-12-20(26-2)22(24)23(21)25/h6-9,12-13,18-19H,3-5,10-11,14-15H2,1-2H3. The third-order valence-corrected chi connectivity index (χ3v) is 5.33. The molecule has 2 aromatic rings. The number of hydrogen-bond donors (Lipinski definition) is 0. The van der Waals surface area contributed by atoms with Crippen LogP contribution >= 0.6 is 0 Å². The Balaban J connectivity index is 1.53. The third kappa shape index (κ3) is 5.02. The molecule has 0 saturated carbocycles. The maximum atomic E-state index is 14.0. The molecule has 0 radical (unpaired) electrons. The van der Waals surface area contributed by atoms with Crippen LogP contribution in [-0.4, -0.2) is 19.8 Å². The van der Waals surface area contributed by atoms with E-state index in [1.807, 2.05) is 12.1 Å². The van der Waals surface area contributed by atoms with Gasteiger partial charge in [-0.3, -0.25) is 0 Å². The minimum Gasteiger partial charge on any atom is -0.494 e. The van der Waals surface area contributed by atoms with Crippen LogP contribution in [0.15, 0.2) is 36.4 Å². The molecule has 152 valence electrons. The average molecular weight is 390 g/mol. The van der Waals surface area contributed by atoms with E-state index in [4.69, 9.17) is 14.2 Å². The van der Waals surface area contributed by atoms with Crippen LogP contribution in [0.25, 0.3) is 0 Å². The third-order valence-electron chi connectivity index (χ3n) is 5.33. The van der Waals surface area contributed by atoms with Gasteiger partial charge in [-0.05, 0) is 42.5 Å². The summed E-state index contributed by atoms with van der Waals surface area (Å²) in [6.45, 7) is 3.14. The Bertz CT molecular complexity index is 753. The Morgan fingerprint density at radius 2 is 1.71 bits per heavy atom. The Labute approximate surface area is 165 Å². The van der Waals surface area contributed by atoms with Crippen molar-refractivity contribution < 1.29 is 23.0 Å². The SMILES string of the molecule is CCCCC1CCC(c2ccc(COc3ccc(OC)c(F)c3F)cc2)CO1. The Morgan fingerprint density at radius 1 is 1.00 bits per heavy atom. The van der Waals surface area contributed by atoms with Crippen LogP contribution in [0.5, 0.6) is 11.5 Å². The summed E-state index contributed by atoms with van der Waals surface area (Å²) < 4.78 is 43.9. The minimum atomic E-state index is -1.04. The molecule has 1 aliphatic heterocycles. The van der Waals surface area contributed by atoms with Crippen LogP contribution in [0.4, 0.5) is 8.78 Å². The van der Waals surface area contributed by atoms with E-state index >= 15 is 0 Å². The molecule has 3 rings (SSSR count). The number of halogens is 2. The zero-order valence-corrected chi connectivity index (χ0v) is 16.5. The van der Waals surface area contributed by atoms with E-state index in [9.17, 15) is 8.78 Å². The molecule has 0 aliphatic carbocycles. The summed E-state index contributed by atoms with van der Waals surface area (Å²) in [5.74, 6) is -1.92. The van der Waals surface area contributed by atoms with Gasteiger partial charge in [-0.15, -0.1) is 0 Å². The molecule has 5 heteroatoms. The molecule has 28 heavy (non-hydrogen) atoms. The van der Waals surface area contributed by atoms with Gasteiger partial charge >= 0.3 is 0 Å². The first-order valence-electron chi connectivity index (χ1n) is 9.97. The van der Waals surface area contributed by atoms with Crippen LogP contribution in [0, 0.1) is 11.6 Å². The lowest BCUT2D eigenvalue weighted by molar-refractivity contribution is -0.00189. The molecule has 2 aromatic carbocycles. The fourth-order valence-electron chi connectivity index (χ4n) is 3.56. The van der Waals surface area contributed by atoms with Crippen molar-refractivity contribution in [3.8, 4) is 11.5 Å². The summed E-state index contributed by atoms with van der Waals surface area (Å²) in [5.41, 5.74) is 2.15.